The molecule has 1 rings (SSSR count). The van der Waals surface area contributed by atoms with Gasteiger partial charge in [0.15, 0.2) is 6.61 Å². The first-order valence-electron chi connectivity index (χ1n) is 3.48. The molecule has 66 valence electrons. The molecule has 0 saturated heterocycles. The van der Waals surface area contributed by atoms with Crippen LogP contribution in [0.2, 0.25) is 0 Å². The summed E-state index contributed by atoms with van der Waals surface area (Å²) < 4.78 is 29.3. The van der Waals surface area contributed by atoms with Crippen LogP contribution in [0.4, 0.5) is 8.78 Å². The van der Waals surface area contributed by atoms with Crippen molar-refractivity contribution in [3.63, 3.8) is 0 Å². The molecule has 1 heterocycles. The third kappa shape index (κ3) is 3.27. The van der Waals surface area contributed by atoms with Crippen LogP contribution in [0, 0.1) is 0 Å². The Labute approximate surface area is 69.2 Å². The first-order chi connectivity index (χ1) is 5.58. The van der Waals surface area contributed by atoms with Gasteiger partial charge in [-0.25, -0.2) is 8.78 Å². The second-order valence-corrected chi connectivity index (χ2v) is 2.55. The summed E-state index contributed by atoms with van der Waals surface area (Å²) in [5.74, 6) is -2.44. The van der Waals surface area contributed by atoms with Crippen molar-refractivity contribution in [2.45, 2.75) is 12.8 Å². The van der Waals surface area contributed by atoms with Crippen molar-refractivity contribution < 1.29 is 13.5 Å². The van der Waals surface area contributed by atoms with Gasteiger partial charge in [-0.2, -0.15) is 0 Å². The molecule has 4 heteroatoms. The van der Waals surface area contributed by atoms with Gasteiger partial charge < -0.3 is 4.74 Å². The van der Waals surface area contributed by atoms with E-state index in [1.165, 1.54) is 6.20 Å². The summed E-state index contributed by atoms with van der Waals surface area (Å²) in [5, 5.41) is 0. The molecule has 0 unspecified atom stereocenters. The number of ether oxygens (including phenoxy) is 1. The summed E-state index contributed by atoms with van der Waals surface area (Å²) >= 11 is 0. The minimum Gasteiger partial charge on any atom is -0.486 e. The fraction of sp³-hybridized carbons (Fsp3) is 0.375. The van der Waals surface area contributed by atoms with Crippen molar-refractivity contribution >= 4 is 0 Å². The monoisotopic (exact) mass is 173 g/mol. The molecule has 0 amide bonds. The number of rotatable bonds is 3. The van der Waals surface area contributed by atoms with E-state index in [9.17, 15) is 8.78 Å². The Kier molecular flexibility index (Phi) is 2.58. The minimum absolute atomic E-state index is 0.360. The number of hydrogen-bond acceptors (Lipinski definition) is 2. The zero-order valence-electron chi connectivity index (χ0n) is 6.63. The highest BCUT2D eigenvalue weighted by atomic mass is 19.3. The van der Waals surface area contributed by atoms with Gasteiger partial charge in [-0.15, -0.1) is 0 Å². The highest BCUT2D eigenvalue weighted by molar-refractivity contribution is 5.15. The number of alkyl halides is 2. The molecule has 2 nitrogen and oxygen atoms in total. The Morgan fingerprint density at radius 1 is 1.58 bits per heavy atom. The van der Waals surface area contributed by atoms with Crippen LogP contribution in [0.3, 0.4) is 0 Å². The van der Waals surface area contributed by atoms with Crippen LogP contribution >= 0.6 is 0 Å². The van der Waals surface area contributed by atoms with Crippen LogP contribution in [0.15, 0.2) is 24.5 Å². The molecule has 1 aromatic rings. The van der Waals surface area contributed by atoms with Crippen molar-refractivity contribution in [2.24, 2.45) is 0 Å². The number of pyridine rings is 1. The van der Waals surface area contributed by atoms with Gasteiger partial charge in [0.2, 0.25) is 0 Å². The van der Waals surface area contributed by atoms with Gasteiger partial charge in [-0.3, -0.25) is 4.98 Å². The Bertz CT molecular complexity index is 233. The van der Waals surface area contributed by atoms with Crippen molar-refractivity contribution in [1.82, 2.24) is 4.98 Å². The van der Waals surface area contributed by atoms with E-state index in [2.05, 4.69) is 4.98 Å². The summed E-state index contributed by atoms with van der Waals surface area (Å²) in [6, 6.07) is 3.21. The van der Waals surface area contributed by atoms with E-state index in [-0.39, 0.29) is 0 Å². The van der Waals surface area contributed by atoms with Crippen molar-refractivity contribution in [3.05, 3.63) is 24.5 Å². The number of hydrogen-bond donors (Lipinski definition) is 0. The van der Waals surface area contributed by atoms with E-state index in [1.54, 1.807) is 18.3 Å². The lowest BCUT2D eigenvalue weighted by Gasteiger charge is -2.10. The van der Waals surface area contributed by atoms with Crippen LogP contribution < -0.4 is 4.74 Å². The maximum atomic E-state index is 12.3. The van der Waals surface area contributed by atoms with E-state index in [1.807, 2.05) is 0 Å². The zero-order valence-corrected chi connectivity index (χ0v) is 6.63. The lowest BCUT2D eigenvalue weighted by molar-refractivity contribution is -0.0230. The fourth-order valence-corrected chi connectivity index (χ4v) is 0.643. The number of halogens is 2. The van der Waals surface area contributed by atoms with Crippen LogP contribution in [0.5, 0.6) is 5.75 Å². The predicted octanol–water partition coefficient (Wildman–Crippen LogP) is 2.12. The highest BCUT2D eigenvalue weighted by Crippen LogP contribution is 2.14. The molecule has 12 heavy (non-hydrogen) atoms. The standard InChI is InChI=1S/C8H9F2NO/c1-8(9,10)6-12-7-3-2-4-11-5-7/h2-5H,6H2,1H3. The summed E-state index contributed by atoms with van der Waals surface area (Å²) in [6.07, 6.45) is 2.95. The Balaban J connectivity index is 2.44. The van der Waals surface area contributed by atoms with Gasteiger partial charge in [0.1, 0.15) is 5.75 Å². The molecule has 0 radical (unpaired) electrons. The first kappa shape index (κ1) is 8.90. The molecule has 0 bridgehead atoms. The van der Waals surface area contributed by atoms with Gasteiger partial charge in [0, 0.05) is 13.1 Å². The summed E-state index contributed by atoms with van der Waals surface area (Å²) in [4.78, 5) is 3.72. The van der Waals surface area contributed by atoms with Gasteiger partial charge >= 0.3 is 0 Å². The smallest absolute Gasteiger partial charge is 0.278 e. The lowest BCUT2D eigenvalue weighted by Crippen LogP contribution is -2.20. The molecule has 0 atom stereocenters. The van der Waals surface area contributed by atoms with Crippen LogP contribution in [0.1, 0.15) is 6.92 Å². The van der Waals surface area contributed by atoms with Gasteiger partial charge in [0.05, 0.1) is 6.20 Å². The number of nitrogens with zero attached hydrogens (tertiary/aromatic N) is 1. The predicted molar refractivity (Wildman–Crippen MR) is 40.4 cm³/mol. The maximum absolute atomic E-state index is 12.3. The Morgan fingerprint density at radius 3 is 2.83 bits per heavy atom. The van der Waals surface area contributed by atoms with Crippen LogP contribution in [-0.2, 0) is 0 Å². The second-order valence-electron chi connectivity index (χ2n) is 2.55. The molecule has 0 aliphatic rings. The molecule has 0 aliphatic heterocycles. The molecular weight excluding hydrogens is 164 g/mol. The van der Waals surface area contributed by atoms with Crippen LogP contribution in [-0.4, -0.2) is 17.5 Å². The van der Waals surface area contributed by atoms with Crippen molar-refractivity contribution in [1.29, 1.82) is 0 Å². The largest absolute Gasteiger partial charge is 0.486 e. The van der Waals surface area contributed by atoms with Gasteiger partial charge in [-0.05, 0) is 12.1 Å². The maximum Gasteiger partial charge on any atom is 0.278 e. The topological polar surface area (TPSA) is 22.1 Å². The SMILES string of the molecule is CC(F)(F)COc1cccnc1. The average Bonchev–Trinajstić information content (AvgIpc) is 2.02. The quantitative estimate of drug-likeness (QED) is 0.698. The fourth-order valence-electron chi connectivity index (χ4n) is 0.643. The zero-order chi connectivity index (χ0) is 9.03. The highest BCUT2D eigenvalue weighted by Gasteiger charge is 2.21. The normalized spacial score (nSPS) is 11.2. The van der Waals surface area contributed by atoms with Crippen LogP contribution in [0.25, 0.3) is 0 Å². The Morgan fingerprint density at radius 2 is 2.33 bits per heavy atom. The molecule has 0 aromatic carbocycles. The molecular formula is C8H9F2NO. The minimum atomic E-state index is -2.80. The van der Waals surface area contributed by atoms with Crippen molar-refractivity contribution in [3.8, 4) is 5.75 Å². The summed E-state index contributed by atoms with van der Waals surface area (Å²) in [7, 11) is 0. The third-order valence-electron chi connectivity index (χ3n) is 1.13. The lowest BCUT2D eigenvalue weighted by atomic mass is 10.4. The van der Waals surface area contributed by atoms with E-state index in [4.69, 9.17) is 4.74 Å². The molecule has 1 aromatic heterocycles. The van der Waals surface area contributed by atoms with E-state index < -0.39 is 12.5 Å². The van der Waals surface area contributed by atoms with Gasteiger partial charge in [0.25, 0.3) is 5.92 Å². The number of aromatic nitrogens is 1. The summed E-state index contributed by atoms with van der Waals surface area (Å²) in [5.41, 5.74) is 0. The summed E-state index contributed by atoms with van der Waals surface area (Å²) in [6.45, 7) is 0.196. The first-order valence-corrected chi connectivity index (χ1v) is 3.48. The molecule has 0 saturated carbocycles. The second kappa shape index (κ2) is 3.47. The Hall–Kier alpha value is -1.19. The van der Waals surface area contributed by atoms with E-state index in [0.717, 1.165) is 6.92 Å². The third-order valence-corrected chi connectivity index (χ3v) is 1.13. The van der Waals surface area contributed by atoms with Crippen molar-refractivity contribution in [2.75, 3.05) is 6.61 Å². The molecule has 0 fully saturated rings. The average molecular weight is 173 g/mol. The van der Waals surface area contributed by atoms with E-state index >= 15 is 0 Å². The molecule has 0 spiro atoms. The van der Waals surface area contributed by atoms with E-state index in [0.29, 0.717) is 5.75 Å². The van der Waals surface area contributed by atoms with Gasteiger partial charge in [-0.1, -0.05) is 0 Å². The molecule has 0 aliphatic carbocycles. The molecule has 0 N–H and O–H groups in total.